The van der Waals surface area contributed by atoms with Crippen molar-refractivity contribution in [3.63, 3.8) is 0 Å². The Kier molecular flexibility index (Phi) is 5.19. The molecule has 0 saturated carbocycles. The summed E-state index contributed by atoms with van der Waals surface area (Å²) in [7, 11) is 0. The van der Waals surface area contributed by atoms with Crippen LogP contribution in [-0.2, 0) is 0 Å². The van der Waals surface area contributed by atoms with Crippen molar-refractivity contribution in [2.45, 2.75) is 6.42 Å². The Morgan fingerprint density at radius 2 is 2.20 bits per heavy atom. The van der Waals surface area contributed by atoms with Gasteiger partial charge in [0.2, 0.25) is 0 Å². The maximum atomic E-state index is 12.1. The first-order valence-electron chi connectivity index (χ1n) is 5.95. The van der Waals surface area contributed by atoms with Crippen LogP contribution in [0.1, 0.15) is 21.7 Å². The summed E-state index contributed by atoms with van der Waals surface area (Å²) in [5.74, 6) is 5.50. The monoisotopic (exact) mass is 305 g/mol. The minimum atomic E-state index is -0.218. The standard InChI is InChI=1S/C15H12ClNO2S/c16-13-6-1-2-7-14(13)17-15(19)11-9-12(20-10-11)5-3-4-8-18/h1-2,6-7,9-10,18H,4,8H2,(H,17,19). The molecule has 0 unspecified atom stereocenters. The molecule has 20 heavy (non-hydrogen) atoms. The molecule has 1 aromatic heterocycles. The number of thiophene rings is 1. The molecule has 0 radical (unpaired) electrons. The van der Waals surface area contributed by atoms with Crippen LogP contribution >= 0.6 is 22.9 Å². The number of para-hydroxylation sites is 1. The zero-order valence-corrected chi connectivity index (χ0v) is 12.1. The Balaban J connectivity index is 2.07. The lowest BCUT2D eigenvalue weighted by Gasteiger charge is -2.05. The van der Waals surface area contributed by atoms with Crippen molar-refractivity contribution < 1.29 is 9.90 Å². The van der Waals surface area contributed by atoms with Gasteiger partial charge in [-0.3, -0.25) is 4.79 Å². The lowest BCUT2D eigenvalue weighted by molar-refractivity contribution is 0.102. The van der Waals surface area contributed by atoms with Crippen LogP contribution in [0.3, 0.4) is 0 Å². The van der Waals surface area contributed by atoms with Gasteiger partial charge in [0.25, 0.3) is 5.91 Å². The molecule has 5 heteroatoms. The van der Waals surface area contributed by atoms with Gasteiger partial charge in [0.15, 0.2) is 0 Å². The van der Waals surface area contributed by atoms with Crippen molar-refractivity contribution in [3.8, 4) is 11.8 Å². The number of rotatable bonds is 3. The fourth-order valence-electron chi connectivity index (χ4n) is 1.48. The zero-order valence-electron chi connectivity index (χ0n) is 10.5. The topological polar surface area (TPSA) is 49.3 Å². The van der Waals surface area contributed by atoms with Crippen LogP contribution in [0.5, 0.6) is 0 Å². The molecule has 2 N–H and O–H groups in total. The summed E-state index contributed by atoms with van der Waals surface area (Å²) < 4.78 is 0. The second-order valence-corrected chi connectivity index (χ2v) is 5.23. The predicted molar refractivity (Wildman–Crippen MR) is 82.3 cm³/mol. The van der Waals surface area contributed by atoms with E-state index in [1.54, 1.807) is 35.7 Å². The van der Waals surface area contributed by atoms with E-state index in [0.717, 1.165) is 4.88 Å². The van der Waals surface area contributed by atoms with Crippen LogP contribution in [0.2, 0.25) is 5.02 Å². The Bertz CT molecular complexity index is 670. The number of amides is 1. The van der Waals surface area contributed by atoms with Gasteiger partial charge in [0, 0.05) is 11.8 Å². The number of aliphatic hydroxyl groups excluding tert-OH is 1. The van der Waals surface area contributed by atoms with E-state index >= 15 is 0 Å². The second kappa shape index (κ2) is 7.11. The van der Waals surface area contributed by atoms with Crippen LogP contribution in [0, 0.1) is 11.8 Å². The molecule has 2 aromatic rings. The lowest BCUT2D eigenvalue weighted by Crippen LogP contribution is -2.11. The van der Waals surface area contributed by atoms with E-state index in [9.17, 15) is 4.79 Å². The minimum absolute atomic E-state index is 0.0399. The third-order valence-electron chi connectivity index (χ3n) is 2.43. The van der Waals surface area contributed by atoms with E-state index in [-0.39, 0.29) is 12.5 Å². The quantitative estimate of drug-likeness (QED) is 0.854. The summed E-state index contributed by atoms with van der Waals surface area (Å²) >= 11 is 7.38. The van der Waals surface area contributed by atoms with E-state index < -0.39 is 0 Å². The average Bonchev–Trinajstić information content (AvgIpc) is 2.91. The molecule has 0 bridgehead atoms. The van der Waals surface area contributed by atoms with E-state index in [1.807, 2.05) is 0 Å². The fourth-order valence-corrected chi connectivity index (χ4v) is 2.42. The number of carbonyl (C=O) groups is 1. The van der Waals surface area contributed by atoms with E-state index in [1.165, 1.54) is 11.3 Å². The SMILES string of the molecule is O=C(Nc1ccccc1Cl)c1csc(C#CCCO)c1. The molecule has 0 aliphatic rings. The number of benzene rings is 1. The molecule has 0 aliphatic carbocycles. The Hall–Kier alpha value is -1.80. The number of carbonyl (C=O) groups excluding carboxylic acids is 1. The maximum Gasteiger partial charge on any atom is 0.256 e. The van der Waals surface area contributed by atoms with Gasteiger partial charge in [0.05, 0.1) is 27.8 Å². The number of hydrogen-bond donors (Lipinski definition) is 2. The highest BCUT2D eigenvalue weighted by Gasteiger charge is 2.09. The summed E-state index contributed by atoms with van der Waals surface area (Å²) in [6.45, 7) is 0.0399. The van der Waals surface area contributed by atoms with Gasteiger partial charge in [-0.2, -0.15) is 0 Å². The molecular formula is C15H12ClNO2S. The normalized spacial score (nSPS) is 9.70. The number of anilines is 1. The van der Waals surface area contributed by atoms with Crippen molar-refractivity contribution in [2.75, 3.05) is 11.9 Å². The first-order valence-corrected chi connectivity index (χ1v) is 7.20. The second-order valence-electron chi connectivity index (χ2n) is 3.91. The molecule has 3 nitrogen and oxygen atoms in total. The first-order chi connectivity index (χ1) is 9.70. The summed E-state index contributed by atoms with van der Waals surface area (Å²) in [5.41, 5.74) is 1.13. The van der Waals surface area contributed by atoms with E-state index in [4.69, 9.17) is 16.7 Å². The van der Waals surface area contributed by atoms with Crippen LogP contribution in [0.4, 0.5) is 5.69 Å². The molecule has 1 amide bonds. The number of hydrogen-bond acceptors (Lipinski definition) is 3. The molecule has 2 rings (SSSR count). The number of nitrogens with one attached hydrogen (secondary N) is 1. The fraction of sp³-hybridized carbons (Fsp3) is 0.133. The molecule has 1 aromatic carbocycles. The molecule has 0 fully saturated rings. The largest absolute Gasteiger partial charge is 0.395 e. The van der Waals surface area contributed by atoms with E-state index in [2.05, 4.69) is 17.2 Å². The molecule has 0 atom stereocenters. The van der Waals surface area contributed by atoms with Crippen LogP contribution in [0.15, 0.2) is 35.7 Å². The number of aliphatic hydroxyl groups is 1. The van der Waals surface area contributed by atoms with Gasteiger partial charge >= 0.3 is 0 Å². The Morgan fingerprint density at radius 3 is 2.95 bits per heavy atom. The van der Waals surface area contributed by atoms with E-state index in [0.29, 0.717) is 22.7 Å². The number of halogens is 1. The molecule has 0 saturated heterocycles. The van der Waals surface area contributed by atoms with Crippen molar-refractivity contribution in [1.29, 1.82) is 0 Å². The van der Waals surface area contributed by atoms with Gasteiger partial charge in [-0.05, 0) is 18.2 Å². The van der Waals surface area contributed by atoms with Crippen molar-refractivity contribution in [3.05, 3.63) is 51.2 Å². The summed E-state index contributed by atoms with van der Waals surface area (Å²) in [6.07, 6.45) is 0.430. The van der Waals surface area contributed by atoms with Gasteiger partial charge in [-0.15, -0.1) is 11.3 Å². The molecule has 0 aliphatic heterocycles. The van der Waals surface area contributed by atoms with Crippen molar-refractivity contribution in [2.24, 2.45) is 0 Å². The Labute approximate surface area is 126 Å². The predicted octanol–water partition coefficient (Wildman–Crippen LogP) is 3.39. The van der Waals surface area contributed by atoms with Crippen LogP contribution in [-0.4, -0.2) is 17.6 Å². The lowest BCUT2D eigenvalue weighted by atomic mass is 10.2. The van der Waals surface area contributed by atoms with Crippen molar-refractivity contribution >= 4 is 34.5 Å². The summed E-state index contributed by atoms with van der Waals surface area (Å²) in [4.78, 5) is 12.9. The van der Waals surface area contributed by atoms with Gasteiger partial charge in [-0.25, -0.2) is 0 Å². The van der Waals surface area contributed by atoms with Gasteiger partial charge in [0.1, 0.15) is 0 Å². The smallest absolute Gasteiger partial charge is 0.256 e. The van der Waals surface area contributed by atoms with Gasteiger partial charge < -0.3 is 10.4 Å². The molecule has 0 spiro atoms. The summed E-state index contributed by atoms with van der Waals surface area (Å²) in [6, 6.07) is 8.80. The van der Waals surface area contributed by atoms with Crippen molar-refractivity contribution in [1.82, 2.24) is 0 Å². The van der Waals surface area contributed by atoms with Crippen LogP contribution in [0.25, 0.3) is 0 Å². The average molecular weight is 306 g/mol. The third kappa shape index (κ3) is 3.84. The van der Waals surface area contributed by atoms with Crippen LogP contribution < -0.4 is 5.32 Å². The molecule has 1 heterocycles. The third-order valence-corrected chi connectivity index (χ3v) is 3.61. The Morgan fingerprint density at radius 1 is 1.40 bits per heavy atom. The van der Waals surface area contributed by atoms with Gasteiger partial charge in [-0.1, -0.05) is 35.6 Å². The summed E-state index contributed by atoms with van der Waals surface area (Å²) in [5, 5.41) is 13.7. The first kappa shape index (κ1) is 14.6. The zero-order chi connectivity index (χ0) is 14.4. The minimum Gasteiger partial charge on any atom is -0.395 e. The highest BCUT2D eigenvalue weighted by molar-refractivity contribution is 7.10. The molecule has 102 valence electrons. The highest BCUT2D eigenvalue weighted by atomic mass is 35.5. The maximum absolute atomic E-state index is 12.1. The highest BCUT2D eigenvalue weighted by Crippen LogP contribution is 2.22. The molecular weight excluding hydrogens is 294 g/mol.